The van der Waals surface area contributed by atoms with E-state index >= 15 is 0 Å². The summed E-state index contributed by atoms with van der Waals surface area (Å²) < 4.78 is 0. The van der Waals surface area contributed by atoms with Gasteiger partial charge in [-0.1, -0.05) is 0 Å². The number of aliphatic imine (C=N–C) groups is 1. The predicted molar refractivity (Wildman–Crippen MR) is 58.2 cm³/mol. The predicted octanol–water partition coefficient (Wildman–Crippen LogP) is -0.698. The van der Waals surface area contributed by atoms with Crippen LogP contribution in [0.3, 0.4) is 0 Å². The van der Waals surface area contributed by atoms with E-state index in [1.54, 1.807) is 6.92 Å². The van der Waals surface area contributed by atoms with E-state index in [2.05, 4.69) is 10.3 Å². The molecule has 0 saturated carbocycles. The largest absolute Gasteiger partial charge is 0.320 e. The molecule has 86 valence electrons. The third-order valence-corrected chi connectivity index (χ3v) is 1.52. The molecule has 0 bridgehead atoms. The van der Waals surface area contributed by atoms with Crippen LogP contribution in [-0.2, 0) is 9.59 Å². The molecule has 0 fully saturated rings. The Hall–Kier alpha value is -1.43. The molecule has 0 aliphatic heterocycles. The molecule has 0 radical (unpaired) electrons. The van der Waals surface area contributed by atoms with Crippen molar-refractivity contribution < 1.29 is 9.59 Å². The summed E-state index contributed by atoms with van der Waals surface area (Å²) in [6, 6.07) is -0.654. The van der Waals surface area contributed by atoms with Crippen molar-refractivity contribution in [2.75, 3.05) is 7.05 Å². The van der Waals surface area contributed by atoms with Crippen molar-refractivity contribution in [3.8, 4) is 0 Å². The monoisotopic (exact) mass is 214 g/mol. The number of rotatable bonds is 3. The summed E-state index contributed by atoms with van der Waals surface area (Å²) in [6.07, 6.45) is 0.572. The normalized spacial score (nSPS) is 13.6. The third kappa shape index (κ3) is 5.11. The van der Waals surface area contributed by atoms with Crippen molar-refractivity contribution in [2.24, 2.45) is 10.7 Å². The van der Waals surface area contributed by atoms with Gasteiger partial charge in [-0.05, 0) is 20.8 Å². The van der Waals surface area contributed by atoms with Crippen LogP contribution < -0.4 is 11.1 Å². The van der Waals surface area contributed by atoms with Crippen LogP contribution in [0.15, 0.2) is 4.99 Å². The Bertz CT molecular complexity index is 261. The molecule has 6 heteroatoms. The number of guanidine groups is 1. The molecule has 6 nitrogen and oxygen atoms in total. The Labute approximate surface area is 89.5 Å². The standard InChI is InChI=1S/C9H18N4O2/c1-6(2)11-9(13(4)5-14)12-8(15)7(3)10/h5-7H,10H2,1-4H3,(H,11,12,15)/t7-/m0/s1. The summed E-state index contributed by atoms with van der Waals surface area (Å²) in [6.45, 7) is 5.25. The molecular weight excluding hydrogens is 196 g/mol. The summed E-state index contributed by atoms with van der Waals surface area (Å²) in [5.41, 5.74) is 5.38. The quantitative estimate of drug-likeness (QED) is 0.370. The Morgan fingerprint density at radius 2 is 2.00 bits per heavy atom. The molecule has 0 rings (SSSR count). The topological polar surface area (TPSA) is 87.8 Å². The van der Waals surface area contributed by atoms with Crippen molar-refractivity contribution in [3.05, 3.63) is 0 Å². The lowest BCUT2D eigenvalue weighted by atomic mass is 10.3. The molecule has 0 heterocycles. The molecule has 0 aromatic heterocycles. The van der Waals surface area contributed by atoms with E-state index in [9.17, 15) is 9.59 Å². The van der Waals surface area contributed by atoms with E-state index in [4.69, 9.17) is 5.73 Å². The summed E-state index contributed by atoms with van der Waals surface area (Å²) in [5, 5.41) is 2.48. The minimum Gasteiger partial charge on any atom is -0.320 e. The van der Waals surface area contributed by atoms with Gasteiger partial charge in [0.05, 0.1) is 6.04 Å². The summed E-state index contributed by atoms with van der Waals surface area (Å²) in [4.78, 5) is 27.1. The third-order valence-electron chi connectivity index (χ3n) is 1.52. The van der Waals surface area contributed by atoms with Crippen molar-refractivity contribution in [1.29, 1.82) is 0 Å². The molecular formula is C9H18N4O2. The van der Waals surface area contributed by atoms with Gasteiger partial charge in [-0.25, -0.2) is 4.99 Å². The average Bonchev–Trinajstić information content (AvgIpc) is 2.14. The lowest BCUT2D eigenvalue weighted by Gasteiger charge is -2.17. The molecule has 0 spiro atoms. The first-order chi connectivity index (χ1) is 6.88. The van der Waals surface area contributed by atoms with E-state index in [0.717, 1.165) is 0 Å². The van der Waals surface area contributed by atoms with Crippen LogP contribution in [0.5, 0.6) is 0 Å². The van der Waals surface area contributed by atoms with Gasteiger partial charge in [0.15, 0.2) is 0 Å². The van der Waals surface area contributed by atoms with Crippen molar-refractivity contribution in [2.45, 2.75) is 32.9 Å². The van der Waals surface area contributed by atoms with Gasteiger partial charge in [0.25, 0.3) is 0 Å². The highest BCUT2D eigenvalue weighted by molar-refractivity contribution is 6.02. The number of carbonyl (C=O) groups is 2. The summed E-state index contributed by atoms with van der Waals surface area (Å²) in [5.74, 6) is -0.162. The van der Waals surface area contributed by atoms with Crippen molar-refractivity contribution in [3.63, 3.8) is 0 Å². The number of nitrogens with two attached hydrogens (primary N) is 1. The van der Waals surface area contributed by atoms with Gasteiger partial charge >= 0.3 is 0 Å². The first-order valence-electron chi connectivity index (χ1n) is 4.70. The van der Waals surface area contributed by atoms with Gasteiger partial charge in [-0.3, -0.25) is 19.8 Å². The van der Waals surface area contributed by atoms with Crippen LogP contribution in [-0.4, -0.2) is 42.3 Å². The second-order valence-electron chi connectivity index (χ2n) is 3.54. The van der Waals surface area contributed by atoms with Crippen LogP contribution in [0, 0.1) is 0 Å². The van der Waals surface area contributed by atoms with Crippen molar-refractivity contribution >= 4 is 18.3 Å². The van der Waals surface area contributed by atoms with Crippen LogP contribution in [0.1, 0.15) is 20.8 Å². The zero-order valence-corrected chi connectivity index (χ0v) is 9.52. The highest BCUT2D eigenvalue weighted by Crippen LogP contribution is 1.90. The van der Waals surface area contributed by atoms with Crippen molar-refractivity contribution in [1.82, 2.24) is 10.2 Å². The maximum atomic E-state index is 11.3. The van der Waals surface area contributed by atoms with Crippen LogP contribution in [0.25, 0.3) is 0 Å². The fourth-order valence-corrected chi connectivity index (χ4v) is 0.730. The Balaban J connectivity index is 4.66. The van der Waals surface area contributed by atoms with Gasteiger partial charge in [0, 0.05) is 13.1 Å². The minimum atomic E-state index is -0.637. The highest BCUT2D eigenvalue weighted by atomic mass is 16.2. The number of nitrogens with one attached hydrogen (secondary N) is 1. The van der Waals surface area contributed by atoms with E-state index < -0.39 is 6.04 Å². The number of nitrogens with zero attached hydrogens (tertiary/aromatic N) is 2. The van der Waals surface area contributed by atoms with E-state index in [-0.39, 0.29) is 17.9 Å². The van der Waals surface area contributed by atoms with E-state index in [1.807, 2.05) is 13.8 Å². The van der Waals surface area contributed by atoms with E-state index in [0.29, 0.717) is 6.41 Å². The minimum absolute atomic E-state index is 0.0178. The van der Waals surface area contributed by atoms with Gasteiger partial charge in [-0.2, -0.15) is 0 Å². The number of amides is 2. The molecule has 0 aliphatic carbocycles. The van der Waals surface area contributed by atoms with Gasteiger partial charge in [0.1, 0.15) is 0 Å². The zero-order valence-electron chi connectivity index (χ0n) is 9.52. The molecule has 15 heavy (non-hydrogen) atoms. The fraction of sp³-hybridized carbons (Fsp3) is 0.667. The van der Waals surface area contributed by atoms with Gasteiger partial charge in [-0.15, -0.1) is 0 Å². The number of hydrogen-bond acceptors (Lipinski definition) is 4. The molecule has 0 aromatic carbocycles. The van der Waals surface area contributed by atoms with Crippen LogP contribution in [0.4, 0.5) is 0 Å². The first kappa shape index (κ1) is 13.6. The van der Waals surface area contributed by atoms with Crippen LogP contribution >= 0.6 is 0 Å². The SMILES string of the molecule is CC(C)N=C(NC(=O)[C@H](C)N)N(C)C=O. The lowest BCUT2D eigenvalue weighted by molar-refractivity contribution is -0.120. The maximum Gasteiger partial charge on any atom is 0.243 e. The molecule has 0 unspecified atom stereocenters. The number of hydrogen-bond donors (Lipinski definition) is 2. The average molecular weight is 214 g/mol. The smallest absolute Gasteiger partial charge is 0.243 e. The lowest BCUT2D eigenvalue weighted by Crippen LogP contribution is -2.47. The highest BCUT2D eigenvalue weighted by Gasteiger charge is 2.13. The van der Waals surface area contributed by atoms with Gasteiger partial charge < -0.3 is 5.73 Å². The molecule has 1 atom stereocenters. The van der Waals surface area contributed by atoms with Gasteiger partial charge in [0.2, 0.25) is 18.3 Å². The van der Waals surface area contributed by atoms with E-state index in [1.165, 1.54) is 11.9 Å². The molecule has 0 aliphatic rings. The Kier molecular flexibility index (Phi) is 5.54. The molecule has 2 amide bonds. The molecule has 3 N–H and O–H groups in total. The Morgan fingerprint density at radius 3 is 2.33 bits per heavy atom. The second kappa shape index (κ2) is 6.13. The van der Waals surface area contributed by atoms with Crippen LogP contribution in [0.2, 0.25) is 0 Å². The fourth-order valence-electron chi connectivity index (χ4n) is 0.730. The maximum absolute atomic E-state index is 11.3. The molecule has 0 aromatic rings. The second-order valence-corrected chi connectivity index (χ2v) is 3.54. The zero-order chi connectivity index (χ0) is 12.0. The first-order valence-corrected chi connectivity index (χ1v) is 4.70. The Morgan fingerprint density at radius 1 is 1.47 bits per heavy atom. The number of carbonyl (C=O) groups excluding carboxylic acids is 2. The molecule has 0 saturated heterocycles. The summed E-state index contributed by atoms with van der Waals surface area (Å²) in [7, 11) is 1.51. The summed E-state index contributed by atoms with van der Waals surface area (Å²) >= 11 is 0.